The van der Waals surface area contributed by atoms with Gasteiger partial charge in [0.05, 0.1) is 16.9 Å². The van der Waals surface area contributed by atoms with Gasteiger partial charge in [-0.15, -0.1) is 0 Å². The van der Waals surface area contributed by atoms with Gasteiger partial charge < -0.3 is 20.2 Å². The highest BCUT2D eigenvalue weighted by molar-refractivity contribution is 5.82. The normalized spacial score (nSPS) is 22.1. The molecular weight excluding hydrogens is 524 g/mol. The van der Waals surface area contributed by atoms with Gasteiger partial charge in [0.1, 0.15) is 11.6 Å². The van der Waals surface area contributed by atoms with E-state index < -0.39 is 0 Å². The van der Waals surface area contributed by atoms with E-state index in [-0.39, 0.29) is 17.0 Å². The van der Waals surface area contributed by atoms with Crippen molar-refractivity contribution in [3.05, 3.63) is 64.2 Å². The minimum atomic E-state index is -0.0196. The Kier molecular flexibility index (Phi) is 9.26. The van der Waals surface area contributed by atoms with Crippen LogP contribution in [0.3, 0.4) is 0 Å². The predicted molar refractivity (Wildman–Crippen MR) is 173 cm³/mol. The Morgan fingerprint density at radius 2 is 1.79 bits per heavy atom. The highest BCUT2D eigenvalue weighted by atomic mass is 16.3. The van der Waals surface area contributed by atoms with E-state index in [0.29, 0.717) is 29.8 Å². The van der Waals surface area contributed by atoms with Crippen molar-refractivity contribution in [3.8, 4) is 5.75 Å². The number of likely N-dealkylation sites (N-methyl/N-ethyl adjacent to an activating group) is 1. The highest BCUT2D eigenvalue weighted by Gasteiger charge is 2.37. The topological polar surface area (TPSA) is 76.9 Å². The number of piperazine rings is 1. The summed E-state index contributed by atoms with van der Waals surface area (Å²) in [5.74, 6) is 1.23. The number of rotatable bonds is 9. The lowest BCUT2D eigenvalue weighted by molar-refractivity contribution is 0.109. The maximum Gasteiger partial charge on any atom is 0.261 e. The molecular formula is C34H50N6O2. The summed E-state index contributed by atoms with van der Waals surface area (Å²) in [7, 11) is 4.24. The molecule has 1 aromatic heterocycles. The third-order valence-corrected chi connectivity index (χ3v) is 9.33. The average Bonchev–Trinajstić information content (AvgIpc) is 2.95. The SMILES string of the molecule is CCCC(c1nc2ccc(N3CCC(CN(C)C)(c4cccc(O)c4)CC3)cc2c(=O)n1CC)N1C[C@@H](C)N[C@@H](C)C1. The maximum absolute atomic E-state index is 14.0. The summed E-state index contributed by atoms with van der Waals surface area (Å²) < 4.78 is 1.92. The van der Waals surface area contributed by atoms with Crippen LogP contribution in [0.4, 0.5) is 5.69 Å². The van der Waals surface area contributed by atoms with Crippen molar-refractivity contribution < 1.29 is 5.11 Å². The molecule has 1 unspecified atom stereocenters. The fourth-order valence-electron chi connectivity index (χ4n) is 7.53. The molecule has 8 nitrogen and oxygen atoms in total. The molecule has 8 heteroatoms. The largest absolute Gasteiger partial charge is 0.508 e. The minimum absolute atomic E-state index is 0.0196. The van der Waals surface area contributed by atoms with Gasteiger partial charge in [0.2, 0.25) is 0 Å². The smallest absolute Gasteiger partial charge is 0.261 e. The van der Waals surface area contributed by atoms with Gasteiger partial charge in [-0.1, -0.05) is 25.5 Å². The van der Waals surface area contributed by atoms with E-state index in [1.165, 1.54) is 5.56 Å². The van der Waals surface area contributed by atoms with Gasteiger partial charge >= 0.3 is 0 Å². The number of phenolic OH excluding ortho intramolecular Hbond substituents is 1. The monoisotopic (exact) mass is 574 g/mol. The van der Waals surface area contributed by atoms with Gasteiger partial charge in [-0.25, -0.2) is 4.98 Å². The number of phenols is 1. The Morgan fingerprint density at radius 1 is 1.07 bits per heavy atom. The number of anilines is 1. The first kappa shape index (κ1) is 30.5. The summed E-state index contributed by atoms with van der Waals surface area (Å²) in [4.78, 5) is 26.4. The third kappa shape index (κ3) is 6.21. The van der Waals surface area contributed by atoms with Crippen LogP contribution >= 0.6 is 0 Å². The number of hydrogen-bond donors (Lipinski definition) is 2. The number of hydrogen-bond acceptors (Lipinski definition) is 7. The van der Waals surface area contributed by atoms with Crippen molar-refractivity contribution in [3.63, 3.8) is 0 Å². The summed E-state index contributed by atoms with van der Waals surface area (Å²) in [6.07, 6.45) is 3.98. The van der Waals surface area contributed by atoms with Crippen LogP contribution in [0, 0.1) is 0 Å². The van der Waals surface area contributed by atoms with Crippen LogP contribution in [0.25, 0.3) is 10.9 Å². The van der Waals surface area contributed by atoms with E-state index in [9.17, 15) is 9.90 Å². The molecule has 2 N–H and O–H groups in total. The third-order valence-electron chi connectivity index (χ3n) is 9.33. The lowest BCUT2D eigenvalue weighted by Crippen LogP contribution is -2.55. The van der Waals surface area contributed by atoms with Gasteiger partial charge in [0.15, 0.2) is 0 Å². The summed E-state index contributed by atoms with van der Waals surface area (Å²) in [5.41, 5.74) is 3.12. The zero-order chi connectivity index (χ0) is 30.0. The molecule has 0 aliphatic carbocycles. The van der Waals surface area contributed by atoms with Gasteiger partial charge in [0.25, 0.3) is 5.56 Å². The van der Waals surface area contributed by atoms with E-state index in [2.05, 4.69) is 86.1 Å². The molecule has 2 aliphatic rings. The molecule has 2 saturated heterocycles. The minimum Gasteiger partial charge on any atom is -0.508 e. The molecule has 3 aromatic rings. The standard InChI is InChI=1S/C34H50N6O2/c1-7-10-31(39-21-24(3)35-25(4)22-39)32-36-30-14-13-27(20-29(30)33(42)40(32)8-2)38-17-15-34(16-18-38,23-37(5)6)26-11-9-12-28(41)19-26/h9,11-14,19-20,24-25,31,35,41H,7-8,10,15-18,21-23H2,1-6H3/t24-,25+,31?. The van der Waals surface area contributed by atoms with Crippen molar-refractivity contribution in [2.75, 3.05) is 51.7 Å². The molecule has 3 heterocycles. The van der Waals surface area contributed by atoms with Gasteiger partial charge in [-0.2, -0.15) is 0 Å². The quantitative estimate of drug-likeness (QED) is 0.382. The van der Waals surface area contributed by atoms with E-state index in [1.54, 1.807) is 6.07 Å². The van der Waals surface area contributed by atoms with E-state index in [1.807, 2.05) is 16.7 Å². The molecule has 0 amide bonds. The number of aromatic hydroxyl groups is 1. The lowest BCUT2D eigenvalue weighted by Gasteiger charge is -2.44. The zero-order valence-corrected chi connectivity index (χ0v) is 26.4. The van der Waals surface area contributed by atoms with E-state index in [0.717, 1.165) is 75.4 Å². The summed E-state index contributed by atoms with van der Waals surface area (Å²) in [5, 5.41) is 14.5. The first-order valence-corrected chi connectivity index (χ1v) is 15.9. The fourth-order valence-corrected chi connectivity index (χ4v) is 7.53. The molecule has 0 spiro atoms. The number of piperidine rings is 1. The van der Waals surface area contributed by atoms with Crippen molar-refractivity contribution in [2.24, 2.45) is 0 Å². The molecule has 5 rings (SSSR count). The van der Waals surface area contributed by atoms with Crippen LogP contribution in [0.1, 0.15) is 70.8 Å². The number of nitrogens with one attached hydrogen (secondary N) is 1. The molecule has 0 radical (unpaired) electrons. The summed E-state index contributed by atoms with van der Waals surface area (Å²) in [6.45, 7) is 14.0. The van der Waals surface area contributed by atoms with E-state index in [4.69, 9.17) is 4.98 Å². The van der Waals surface area contributed by atoms with Crippen LogP contribution < -0.4 is 15.8 Å². The van der Waals surface area contributed by atoms with Crippen molar-refractivity contribution in [1.82, 2.24) is 24.7 Å². The van der Waals surface area contributed by atoms with Crippen molar-refractivity contribution >= 4 is 16.6 Å². The molecule has 2 aliphatic heterocycles. The Morgan fingerprint density at radius 3 is 2.40 bits per heavy atom. The second-order valence-corrected chi connectivity index (χ2v) is 13.0. The number of nitrogens with zero attached hydrogens (tertiary/aromatic N) is 5. The first-order chi connectivity index (χ1) is 20.1. The molecule has 2 fully saturated rings. The first-order valence-electron chi connectivity index (χ1n) is 15.9. The summed E-state index contributed by atoms with van der Waals surface area (Å²) in [6, 6.07) is 15.0. The zero-order valence-electron chi connectivity index (χ0n) is 26.4. The highest BCUT2D eigenvalue weighted by Crippen LogP contribution is 2.39. The van der Waals surface area contributed by atoms with Crippen molar-refractivity contribution in [2.45, 2.75) is 83.5 Å². The molecule has 0 bridgehead atoms. The van der Waals surface area contributed by atoms with Gasteiger partial charge in [-0.3, -0.25) is 14.3 Å². The fraction of sp³-hybridized carbons (Fsp3) is 0.588. The maximum atomic E-state index is 14.0. The molecule has 0 saturated carbocycles. The van der Waals surface area contributed by atoms with Gasteiger partial charge in [-0.05, 0) is 90.0 Å². The molecule has 42 heavy (non-hydrogen) atoms. The number of fused-ring (bicyclic) bond motifs is 1. The number of aromatic nitrogens is 2. The van der Waals surface area contributed by atoms with Crippen LogP contribution in [0.15, 0.2) is 47.3 Å². The van der Waals surface area contributed by atoms with Crippen LogP contribution in [0.5, 0.6) is 5.75 Å². The van der Waals surface area contributed by atoms with Crippen LogP contribution in [-0.4, -0.2) is 83.4 Å². The Bertz CT molecular complexity index is 1420. The van der Waals surface area contributed by atoms with Crippen LogP contribution in [0.2, 0.25) is 0 Å². The van der Waals surface area contributed by atoms with Crippen molar-refractivity contribution in [1.29, 1.82) is 0 Å². The average molecular weight is 575 g/mol. The molecule has 2 aromatic carbocycles. The Labute approximate surface area is 251 Å². The lowest BCUT2D eigenvalue weighted by atomic mass is 9.72. The Balaban J connectivity index is 1.45. The molecule has 3 atom stereocenters. The predicted octanol–water partition coefficient (Wildman–Crippen LogP) is 4.75. The molecule has 228 valence electrons. The van der Waals surface area contributed by atoms with Crippen LogP contribution in [-0.2, 0) is 12.0 Å². The second kappa shape index (κ2) is 12.7. The second-order valence-electron chi connectivity index (χ2n) is 13.0. The summed E-state index contributed by atoms with van der Waals surface area (Å²) >= 11 is 0. The Hall–Kier alpha value is -2.94. The van der Waals surface area contributed by atoms with Gasteiger partial charge in [0, 0.05) is 62.5 Å². The number of benzene rings is 2. The van der Waals surface area contributed by atoms with E-state index >= 15 is 0 Å².